The second-order valence-electron chi connectivity index (χ2n) is 6.22. The number of rotatable bonds is 5. The molecule has 1 N–H and O–H groups in total. The van der Waals surface area contributed by atoms with E-state index >= 15 is 0 Å². The van der Waals surface area contributed by atoms with E-state index in [2.05, 4.69) is 24.8 Å². The summed E-state index contributed by atoms with van der Waals surface area (Å²) in [5, 5.41) is 10.1. The third-order valence-corrected chi connectivity index (χ3v) is 4.11. The first-order chi connectivity index (χ1) is 9.54. The van der Waals surface area contributed by atoms with Crippen LogP contribution in [0.5, 0.6) is 5.75 Å². The number of hydrogen-bond acceptors (Lipinski definition) is 3. The van der Waals surface area contributed by atoms with Crippen LogP contribution in [0.15, 0.2) is 18.2 Å². The van der Waals surface area contributed by atoms with Crippen molar-refractivity contribution in [2.24, 2.45) is 5.92 Å². The molecule has 1 aromatic carbocycles. The summed E-state index contributed by atoms with van der Waals surface area (Å²) in [5.74, 6) is 1.71. The number of nitrogens with zero attached hydrogens (tertiary/aromatic N) is 1. The average Bonchev–Trinajstić information content (AvgIpc) is 2.40. The third kappa shape index (κ3) is 4.50. The molecule has 3 nitrogen and oxygen atoms in total. The van der Waals surface area contributed by atoms with Crippen molar-refractivity contribution in [3.63, 3.8) is 0 Å². The fraction of sp³-hybridized carbons (Fsp3) is 0.647. The lowest BCUT2D eigenvalue weighted by molar-refractivity contribution is 0.0561. The molecule has 0 aromatic heterocycles. The molecular formula is C17H27NO2. The van der Waals surface area contributed by atoms with E-state index in [1.165, 1.54) is 18.4 Å². The van der Waals surface area contributed by atoms with Gasteiger partial charge in [0, 0.05) is 6.54 Å². The molecule has 1 aromatic rings. The number of hydrogen-bond donors (Lipinski definition) is 1. The van der Waals surface area contributed by atoms with Crippen molar-refractivity contribution in [2.45, 2.75) is 39.7 Å². The lowest BCUT2D eigenvalue weighted by atomic mass is 9.99. The lowest BCUT2D eigenvalue weighted by Crippen LogP contribution is -2.40. The molecule has 0 amide bonds. The molecule has 0 spiro atoms. The maximum absolute atomic E-state index is 10.1. The normalized spacial score (nSPS) is 19.0. The molecule has 20 heavy (non-hydrogen) atoms. The summed E-state index contributed by atoms with van der Waals surface area (Å²) in [4.78, 5) is 2.34. The molecule has 0 bridgehead atoms. The highest BCUT2D eigenvalue weighted by atomic mass is 16.5. The Morgan fingerprint density at radius 2 is 2.00 bits per heavy atom. The highest BCUT2D eigenvalue weighted by Crippen LogP contribution is 2.19. The zero-order valence-electron chi connectivity index (χ0n) is 12.9. The Hall–Kier alpha value is -1.06. The van der Waals surface area contributed by atoms with Crippen LogP contribution in [-0.2, 0) is 0 Å². The van der Waals surface area contributed by atoms with Gasteiger partial charge >= 0.3 is 0 Å². The standard InChI is InChI=1S/C17H27NO2/c1-13-6-8-18(9-7-13)11-16(19)12-20-17-5-4-14(2)10-15(17)3/h4-5,10,13,16,19H,6-9,11-12H2,1-3H3/t16-/m0/s1. The third-order valence-electron chi connectivity index (χ3n) is 4.11. The SMILES string of the molecule is Cc1ccc(OC[C@@H](O)CN2CCC(C)CC2)c(C)c1. The Kier molecular flexibility index (Phi) is 5.44. The molecule has 0 unspecified atom stereocenters. The van der Waals surface area contributed by atoms with Gasteiger partial charge < -0.3 is 14.7 Å². The van der Waals surface area contributed by atoms with E-state index in [4.69, 9.17) is 4.74 Å². The molecule has 1 saturated heterocycles. The molecule has 0 radical (unpaired) electrons. The highest BCUT2D eigenvalue weighted by Gasteiger charge is 2.18. The van der Waals surface area contributed by atoms with Gasteiger partial charge in [0.1, 0.15) is 18.5 Å². The number of aliphatic hydroxyl groups excluding tert-OH is 1. The Morgan fingerprint density at radius 3 is 2.65 bits per heavy atom. The average molecular weight is 277 g/mol. The number of ether oxygens (including phenoxy) is 1. The van der Waals surface area contributed by atoms with Crippen molar-refractivity contribution in [3.8, 4) is 5.75 Å². The number of piperidine rings is 1. The first-order valence-corrected chi connectivity index (χ1v) is 7.65. The van der Waals surface area contributed by atoms with Crippen molar-refractivity contribution in [2.75, 3.05) is 26.2 Å². The van der Waals surface area contributed by atoms with Gasteiger partial charge in [-0.15, -0.1) is 0 Å². The van der Waals surface area contributed by atoms with E-state index in [0.717, 1.165) is 36.9 Å². The molecule has 112 valence electrons. The Bertz CT molecular complexity index is 425. The summed E-state index contributed by atoms with van der Waals surface area (Å²) in [6.07, 6.45) is 2.07. The van der Waals surface area contributed by atoms with Crippen molar-refractivity contribution >= 4 is 0 Å². The van der Waals surface area contributed by atoms with E-state index in [0.29, 0.717) is 6.61 Å². The van der Waals surface area contributed by atoms with Crippen LogP contribution in [0, 0.1) is 19.8 Å². The van der Waals surface area contributed by atoms with Gasteiger partial charge in [0.25, 0.3) is 0 Å². The van der Waals surface area contributed by atoms with Gasteiger partial charge in [-0.25, -0.2) is 0 Å². The quantitative estimate of drug-likeness (QED) is 0.898. The summed E-state index contributed by atoms with van der Waals surface area (Å²) >= 11 is 0. The van der Waals surface area contributed by atoms with Crippen LogP contribution in [0.3, 0.4) is 0 Å². The number of likely N-dealkylation sites (tertiary alicyclic amines) is 1. The molecule has 0 saturated carbocycles. The number of aliphatic hydroxyl groups is 1. The first kappa shape index (κ1) is 15.3. The predicted octanol–water partition coefficient (Wildman–Crippen LogP) is 2.78. The Morgan fingerprint density at radius 1 is 1.30 bits per heavy atom. The summed E-state index contributed by atoms with van der Waals surface area (Å²) in [5.41, 5.74) is 2.36. The molecule has 1 fully saturated rings. The van der Waals surface area contributed by atoms with E-state index < -0.39 is 6.10 Å². The number of β-amino-alcohol motifs (C(OH)–C–C–N with tert-alkyl or cyclic N) is 1. The zero-order chi connectivity index (χ0) is 14.5. The fourth-order valence-corrected chi connectivity index (χ4v) is 2.74. The zero-order valence-corrected chi connectivity index (χ0v) is 12.9. The van der Waals surface area contributed by atoms with Crippen molar-refractivity contribution in [1.82, 2.24) is 4.90 Å². The van der Waals surface area contributed by atoms with E-state index in [1.54, 1.807) is 0 Å². The molecule has 1 aliphatic heterocycles. The second kappa shape index (κ2) is 7.09. The van der Waals surface area contributed by atoms with E-state index in [1.807, 2.05) is 19.1 Å². The first-order valence-electron chi connectivity index (χ1n) is 7.65. The Labute approximate surface area is 122 Å². The smallest absolute Gasteiger partial charge is 0.122 e. The molecular weight excluding hydrogens is 250 g/mol. The van der Waals surface area contributed by atoms with Gasteiger partial charge in [-0.2, -0.15) is 0 Å². The van der Waals surface area contributed by atoms with Gasteiger partial charge in [0.2, 0.25) is 0 Å². The van der Waals surface area contributed by atoms with E-state index in [-0.39, 0.29) is 0 Å². The van der Waals surface area contributed by atoms with E-state index in [9.17, 15) is 5.11 Å². The summed E-state index contributed by atoms with van der Waals surface area (Å²) in [6.45, 7) is 9.71. The molecule has 1 heterocycles. The van der Waals surface area contributed by atoms with Gasteiger partial charge in [-0.05, 0) is 57.3 Å². The Balaban J connectivity index is 1.76. The fourth-order valence-electron chi connectivity index (χ4n) is 2.74. The molecule has 2 rings (SSSR count). The largest absolute Gasteiger partial charge is 0.491 e. The summed E-state index contributed by atoms with van der Waals surface area (Å²) in [6, 6.07) is 6.13. The maximum atomic E-state index is 10.1. The molecule has 3 heteroatoms. The van der Waals surface area contributed by atoms with Crippen LogP contribution in [-0.4, -0.2) is 42.4 Å². The van der Waals surface area contributed by atoms with Crippen LogP contribution in [0.25, 0.3) is 0 Å². The van der Waals surface area contributed by atoms with Crippen molar-refractivity contribution in [1.29, 1.82) is 0 Å². The molecule has 1 atom stereocenters. The maximum Gasteiger partial charge on any atom is 0.122 e. The van der Waals surface area contributed by atoms with Gasteiger partial charge in [-0.1, -0.05) is 24.6 Å². The minimum Gasteiger partial charge on any atom is -0.491 e. The highest BCUT2D eigenvalue weighted by molar-refractivity contribution is 5.35. The van der Waals surface area contributed by atoms with Crippen LogP contribution >= 0.6 is 0 Å². The van der Waals surface area contributed by atoms with Crippen LogP contribution < -0.4 is 4.74 Å². The topological polar surface area (TPSA) is 32.7 Å². The van der Waals surface area contributed by atoms with Crippen LogP contribution in [0.2, 0.25) is 0 Å². The predicted molar refractivity (Wildman–Crippen MR) is 82.3 cm³/mol. The van der Waals surface area contributed by atoms with Crippen molar-refractivity contribution < 1.29 is 9.84 Å². The minimum absolute atomic E-state index is 0.371. The number of benzene rings is 1. The lowest BCUT2D eigenvalue weighted by Gasteiger charge is -2.31. The van der Waals surface area contributed by atoms with Gasteiger partial charge in [-0.3, -0.25) is 0 Å². The summed E-state index contributed by atoms with van der Waals surface area (Å²) in [7, 11) is 0. The minimum atomic E-state index is -0.413. The molecule has 0 aliphatic carbocycles. The van der Waals surface area contributed by atoms with Gasteiger partial charge in [0.15, 0.2) is 0 Å². The van der Waals surface area contributed by atoms with Crippen molar-refractivity contribution in [3.05, 3.63) is 29.3 Å². The monoisotopic (exact) mass is 277 g/mol. The second-order valence-corrected chi connectivity index (χ2v) is 6.22. The van der Waals surface area contributed by atoms with Crippen LogP contribution in [0.4, 0.5) is 0 Å². The number of aryl methyl sites for hydroxylation is 2. The van der Waals surface area contributed by atoms with Crippen LogP contribution in [0.1, 0.15) is 30.9 Å². The summed E-state index contributed by atoms with van der Waals surface area (Å²) < 4.78 is 5.74. The van der Waals surface area contributed by atoms with Gasteiger partial charge in [0.05, 0.1) is 0 Å². The molecule has 1 aliphatic rings.